The summed E-state index contributed by atoms with van der Waals surface area (Å²) in [5.74, 6) is -1.02. The normalized spacial score (nSPS) is 24.9. The number of hydrogen-bond donors (Lipinski definition) is 1. The van der Waals surface area contributed by atoms with Gasteiger partial charge >= 0.3 is 11.9 Å². The molecule has 0 saturated carbocycles. The molecule has 1 saturated heterocycles. The molecule has 1 aliphatic heterocycles. The summed E-state index contributed by atoms with van der Waals surface area (Å²) < 4.78 is 9.24. The Balaban J connectivity index is 0.00000196. The molecule has 2 atom stereocenters. The lowest BCUT2D eigenvalue weighted by atomic mass is 9.90. The fourth-order valence-corrected chi connectivity index (χ4v) is 1.63. The molecule has 1 rings (SSSR count). The maximum absolute atomic E-state index is 11.2. The Hall–Kier alpha value is -1.10. The largest absolute Gasteiger partial charge is 0.469 e. The zero-order chi connectivity index (χ0) is 10.6. The number of methoxy groups -OCH3 is 2. The zero-order valence-corrected chi connectivity index (χ0v) is 8.41. The first-order chi connectivity index (χ1) is 6.69. The van der Waals surface area contributed by atoms with Gasteiger partial charge in [-0.3, -0.25) is 9.59 Å². The number of hydrogen-bond acceptors (Lipinski definition) is 5. The average molecular weight is 217 g/mol. The van der Waals surface area contributed by atoms with E-state index in [4.69, 9.17) is 0 Å². The van der Waals surface area contributed by atoms with Crippen molar-refractivity contribution in [3.05, 3.63) is 0 Å². The van der Waals surface area contributed by atoms with Gasteiger partial charge in [0, 0.05) is 13.1 Å². The number of piperidine rings is 1. The van der Waals surface area contributed by atoms with Gasteiger partial charge in [-0.15, -0.1) is 0 Å². The molecule has 0 aliphatic carbocycles. The van der Waals surface area contributed by atoms with Crippen LogP contribution in [0.1, 0.15) is 13.8 Å². The van der Waals surface area contributed by atoms with Crippen LogP contribution in [-0.2, 0) is 19.1 Å². The molecule has 5 nitrogen and oxygen atoms in total. The minimum atomic E-state index is -0.272. The first-order valence-corrected chi connectivity index (χ1v) is 4.55. The maximum atomic E-state index is 11.2. The smallest absolute Gasteiger partial charge is 0.309 e. The van der Waals surface area contributed by atoms with Gasteiger partial charge in [-0.25, -0.2) is 0 Å². The van der Waals surface area contributed by atoms with Crippen molar-refractivity contribution in [2.45, 2.75) is 13.8 Å². The van der Waals surface area contributed by atoms with E-state index in [0.29, 0.717) is 19.5 Å². The molecule has 1 N–H and O–H groups in total. The van der Waals surface area contributed by atoms with Crippen LogP contribution < -0.4 is 5.32 Å². The fourth-order valence-electron chi connectivity index (χ4n) is 1.63. The van der Waals surface area contributed by atoms with Crippen molar-refractivity contribution in [1.82, 2.24) is 5.32 Å². The molecule has 1 fully saturated rings. The minimum absolute atomic E-state index is 0. The van der Waals surface area contributed by atoms with Crippen LogP contribution in [0.25, 0.3) is 0 Å². The number of ether oxygens (including phenoxy) is 2. The summed E-state index contributed by atoms with van der Waals surface area (Å²) >= 11 is 0. The Labute approximate surface area is 90.1 Å². The summed E-state index contributed by atoms with van der Waals surface area (Å²) in [5.41, 5.74) is 0. The standard InChI is InChI=1S/C9H15NO4.CH4/c1-13-8(11)6-3-7(5-10-4-6)9(12)14-2;/h6-7,10H,3-5H2,1-2H3;1H4. The lowest BCUT2D eigenvalue weighted by Crippen LogP contribution is -2.43. The highest BCUT2D eigenvalue weighted by atomic mass is 16.5. The van der Waals surface area contributed by atoms with E-state index < -0.39 is 0 Å². The molecule has 0 amide bonds. The van der Waals surface area contributed by atoms with Crippen LogP contribution in [0.4, 0.5) is 0 Å². The topological polar surface area (TPSA) is 64.6 Å². The van der Waals surface area contributed by atoms with Gasteiger partial charge in [0.15, 0.2) is 0 Å². The van der Waals surface area contributed by atoms with Gasteiger partial charge in [0.25, 0.3) is 0 Å². The summed E-state index contributed by atoms with van der Waals surface area (Å²) in [7, 11) is 2.70. The molecule has 88 valence electrons. The SMILES string of the molecule is C.COC(=O)C1CNCC(C(=O)OC)C1. The molecule has 0 aromatic carbocycles. The minimum Gasteiger partial charge on any atom is -0.469 e. The second kappa shape index (κ2) is 6.40. The highest BCUT2D eigenvalue weighted by Crippen LogP contribution is 2.18. The van der Waals surface area contributed by atoms with Crippen LogP contribution >= 0.6 is 0 Å². The third-order valence-electron chi connectivity index (χ3n) is 2.42. The molecule has 0 bridgehead atoms. The quantitative estimate of drug-likeness (QED) is 0.669. The van der Waals surface area contributed by atoms with Gasteiger partial charge < -0.3 is 14.8 Å². The Morgan fingerprint density at radius 1 is 1.07 bits per heavy atom. The predicted octanol–water partition coefficient (Wildman–Crippen LogP) is 0.194. The third-order valence-corrected chi connectivity index (χ3v) is 2.42. The van der Waals surface area contributed by atoms with Crippen LogP contribution in [-0.4, -0.2) is 39.2 Å². The number of esters is 2. The number of nitrogens with one attached hydrogen (secondary N) is 1. The molecule has 2 unspecified atom stereocenters. The molecule has 1 aliphatic rings. The van der Waals surface area contributed by atoms with Crippen molar-refractivity contribution < 1.29 is 19.1 Å². The highest BCUT2D eigenvalue weighted by molar-refractivity contribution is 5.76. The van der Waals surface area contributed by atoms with Gasteiger partial charge in [0.05, 0.1) is 26.1 Å². The van der Waals surface area contributed by atoms with Gasteiger partial charge in [0.1, 0.15) is 0 Å². The van der Waals surface area contributed by atoms with Crippen LogP contribution in [0, 0.1) is 11.8 Å². The van der Waals surface area contributed by atoms with E-state index in [0.717, 1.165) is 0 Å². The van der Waals surface area contributed by atoms with Gasteiger partial charge in [-0.05, 0) is 6.42 Å². The first-order valence-electron chi connectivity index (χ1n) is 4.55. The lowest BCUT2D eigenvalue weighted by molar-refractivity contribution is -0.150. The Morgan fingerprint density at radius 2 is 1.47 bits per heavy atom. The molecular weight excluding hydrogens is 198 g/mol. The van der Waals surface area contributed by atoms with Crippen molar-refractivity contribution in [3.63, 3.8) is 0 Å². The Kier molecular flexibility index (Phi) is 5.93. The molecule has 1 heterocycles. The summed E-state index contributed by atoms with van der Waals surface area (Å²) in [5, 5.41) is 3.01. The van der Waals surface area contributed by atoms with Crippen molar-refractivity contribution in [1.29, 1.82) is 0 Å². The van der Waals surface area contributed by atoms with Crippen molar-refractivity contribution in [2.24, 2.45) is 11.8 Å². The van der Waals surface area contributed by atoms with Crippen LogP contribution in [0.15, 0.2) is 0 Å². The monoisotopic (exact) mass is 217 g/mol. The number of rotatable bonds is 2. The molecule has 15 heavy (non-hydrogen) atoms. The summed E-state index contributed by atoms with van der Waals surface area (Å²) in [4.78, 5) is 22.4. The van der Waals surface area contributed by atoms with E-state index in [2.05, 4.69) is 14.8 Å². The maximum Gasteiger partial charge on any atom is 0.309 e. The van der Waals surface area contributed by atoms with Crippen LogP contribution in [0.3, 0.4) is 0 Å². The first kappa shape index (κ1) is 13.9. The fraction of sp³-hybridized carbons (Fsp3) is 0.800. The molecular formula is C10H19NO4. The average Bonchev–Trinajstić information content (AvgIpc) is 2.27. The summed E-state index contributed by atoms with van der Waals surface area (Å²) in [6, 6.07) is 0. The predicted molar refractivity (Wildman–Crippen MR) is 55.2 cm³/mol. The van der Waals surface area contributed by atoms with E-state index >= 15 is 0 Å². The van der Waals surface area contributed by atoms with E-state index in [1.807, 2.05) is 0 Å². The number of carbonyl (C=O) groups is 2. The molecule has 0 aromatic heterocycles. The molecule has 0 radical (unpaired) electrons. The Morgan fingerprint density at radius 3 is 1.80 bits per heavy atom. The van der Waals surface area contributed by atoms with Crippen LogP contribution in [0.5, 0.6) is 0 Å². The van der Waals surface area contributed by atoms with Crippen molar-refractivity contribution >= 4 is 11.9 Å². The molecule has 0 spiro atoms. The molecule has 5 heteroatoms. The van der Waals surface area contributed by atoms with Gasteiger partial charge in [-0.1, -0.05) is 7.43 Å². The van der Waals surface area contributed by atoms with Crippen LogP contribution in [0.2, 0.25) is 0 Å². The second-order valence-corrected chi connectivity index (χ2v) is 3.33. The second-order valence-electron chi connectivity index (χ2n) is 3.33. The number of carbonyl (C=O) groups excluding carboxylic acids is 2. The zero-order valence-electron chi connectivity index (χ0n) is 8.41. The summed E-state index contributed by atoms with van der Waals surface area (Å²) in [6.07, 6.45) is 0.506. The van der Waals surface area contributed by atoms with Crippen molar-refractivity contribution in [2.75, 3.05) is 27.3 Å². The van der Waals surface area contributed by atoms with E-state index in [-0.39, 0.29) is 31.2 Å². The van der Waals surface area contributed by atoms with Gasteiger partial charge in [-0.2, -0.15) is 0 Å². The molecule has 0 aromatic rings. The third kappa shape index (κ3) is 3.51. The van der Waals surface area contributed by atoms with E-state index in [1.54, 1.807) is 0 Å². The van der Waals surface area contributed by atoms with Crippen molar-refractivity contribution in [3.8, 4) is 0 Å². The van der Waals surface area contributed by atoms with E-state index in [1.165, 1.54) is 14.2 Å². The Bertz CT molecular complexity index is 207. The highest BCUT2D eigenvalue weighted by Gasteiger charge is 2.31. The van der Waals surface area contributed by atoms with E-state index in [9.17, 15) is 9.59 Å². The van der Waals surface area contributed by atoms with Gasteiger partial charge in [0.2, 0.25) is 0 Å². The lowest BCUT2D eigenvalue weighted by Gasteiger charge is -2.26. The summed E-state index contributed by atoms with van der Waals surface area (Å²) in [6.45, 7) is 1.14.